The molecule has 2 aromatic rings. The van der Waals surface area contributed by atoms with Crippen molar-refractivity contribution >= 4 is 23.3 Å². The molecule has 1 N–H and O–H groups in total. The Labute approximate surface area is 153 Å². The Kier molecular flexibility index (Phi) is 5.51. The molecule has 136 valence electrons. The third kappa shape index (κ3) is 4.20. The summed E-state index contributed by atoms with van der Waals surface area (Å²) in [6.45, 7) is 5.96. The van der Waals surface area contributed by atoms with Crippen LogP contribution in [-0.2, 0) is 11.2 Å². The van der Waals surface area contributed by atoms with E-state index >= 15 is 0 Å². The molecule has 1 aliphatic heterocycles. The van der Waals surface area contributed by atoms with Crippen molar-refractivity contribution in [1.29, 1.82) is 0 Å². The zero-order valence-corrected chi connectivity index (χ0v) is 15.2. The first-order valence-corrected chi connectivity index (χ1v) is 8.93. The third-order valence-electron chi connectivity index (χ3n) is 4.65. The molecule has 1 aromatic heterocycles. The van der Waals surface area contributed by atoms with Gasteiger partial charge in [0.05, 0.1) is 0 Å². The van der Waals surface area contributed by atoms with E-state index in [-0.39, 0.29) is 11.8 Å². The van der Waals surface area contributed by atoms with Crippen LogP contribution in [-0.4, -0.2) is 52.8 Å². The van der Waals surface area contributed by atoms with E-state index in [1.807, 2.05) is 12.1 Å². The highest BCUT2D eigenvalue weighted by atomic mass is 16.2. The Bertz CT molecular complexity index is 781. The van der Waals surface area contributed by atoms with Gasteiger partial charge in [-0.05, 0) is 36.2 Å². The molecule has 0 spiro atoms. The number of nitrogens with one attached hydrogen (secondary N) is 1. The van der Waals surface area contributed by atoms with Crippen LogP contribution in [0.5, 0.6) is 0 Å². The summed E-state index contributed by atoms with van der Waals surface area (Å²) in [6, 6.07) is 11.7. The fourth-order valence-corrected chi connectivity index (χ4v) is 3.01. The van der Waals surface area contributed by atoms with E-state index in [9.17, 15) is 9.59 Å². The van der Waals surface area contributed by atoms with E-state index < -0.39 is 0 Å². The number of hydrogen-bond donors (Lipinski definition) is 1. The van der Waals surface area contributed by atoms with Crippen LogP contribution in [0.3, 0.4) is 0 Å². The number of rotatable bonds is 4. The Hall–Kier alpha value is -2.89. The minimum atomic E-state index is -0.0278. The second kappa shape index (κ2) is 7.99. The van der Waals surface area contributed by atoms with E-state index in [4.69, 9.17) is 0 Å². The summed E-state index contributed by atoms with van der Waals surface area (Å²) in [5.74, 6) is 0.670. The zero-order chi connectivity index (χ0) is 18.5. The van der Waals surface area contributed by atoms with Gasteiger partial charge in [0.15, 0.2) is 0 Å². The summed E-state index contributed by atoms with van der Waals surface area (Å²) in [4.78, 5) is 32.0. The number of benzene rings is 1. The maximum absolute atomic E-state index is 12.7. The van der Waals surface area contributed by atoms with Gasteiger partial charge in [-0.3, -0.25) is 9.59 Å². The molecule has 6 heteroatoms. The summed E-state index contributed by atoms with van der Waals surface area (Å²) in [5.41, 5.74) is 2.82. The lowest BCUT2D eigenvalue weighted by Crippen LogP contribution is -2.50. The minimum Gasteiger partial charge on any atom is -0.340 e. The van der Waals surface area contributed by atoms with Crippen LogP contribution >= 0.6 is 0 Å². The summed E-state index contributed by atoms with van der Waals surface area (Å²) in [7, 11) is 0. The van der Waals surface area contributed by atoms with Crippen molar-refractivity contribution in [3.8, 4) is 0 Å². The van der Waals surface area contributed by atoms with Crippen LogP contribution in [0.2, 0.25) is 0 Å². The van der Waals surface area contributed by atoms with Crippen LogP contribution in [0.15, 0.2) is 42.6 Å². The predicted molar refractivity (Wildman–Crippen MR) is 101 cm³/mol. The fraction of sp³-hybridized carbons (Fsp3) is 0.350. The molecular weight excluding hydrogens is 328 g/mol. The topological polar surface area (TPSA) is 65.5 Å². The van der Waals surface area contributed by atoms with Gasteiger partial charge in [-0.2, -0.15) is 0 Å². The molecule has 2 heterocycles. The Morgan fingerprint density at radius 3 is 2.31 bits per heavy atom. The zero-order valence-electron chi connectivity index (χ0n) is 15.2. The average Bonchev–Trinajstić information content (AvgIpc) is 2.68. The molecule has 0 radical (unpaired) electrons. The number of carbonyl (C=O) groups is 2. The Morgan fingerprint density at radius 1 is 1.04 bits per heavy atom. The van der Waals surface area contributed by atoms with Gasteiger partial charge in [0.2, 0.25) is 5.91 Å². The predicted octanol–water partition coefficient (Wildman–Crippen LogP) is 2.69. The van der Waals surface area contributed by atoms with Crippen LogP contribution in [0.25, 0.3) is 0 Å². The molecule has 1 aromatic carbocycles. The molecular formula is C20H24N4O2. The summed E-state index contributed by atoms with van der Waals surface area (Å²) in [5, 5.41) is 3.24. The van der Waals surface area contributed by atoms with E-state index in [1.165, 1.54) is 5.56 Å². The van der Waals surface area contributed by atoms with Gasteiger partial charge in [0, 0.05) is 50.6 Å². The maximum Gasteiger partial charge on any atom is 0.254 e. The first kappa shape index (κ1) is 17.9. The van der Waals surface area contributed by atoms with Crippen molar-refractivity contribution in [2.75, 3.05) is 31.5 Å². The number of amides is 2. The van der Waals surface area contributed by atoms with E-state index in [1.54, 1.807) is 35.1 Å². The van der Waals surface area contributed by atoms with Crippen molar-refractivity contribution in [3.05, 3.63) is 53.7 Å². The highest BCUT2D eigenvalue weighted by Gasteiger charge is 2.23. The number of carbonyl (C=O) groups excluding carboxylic acids is 2. The van der Waals surface area contributed by atoms with E-state index in [2.05, 4.69) is 29.4 Å². The second-order valence-corrected chi connectivity index (χ2v) is 6.40. The van der Waals surface area contributed by atoms with Gasteiger partial charge in [-0.15, -0.1) is 0 Å². The number of hydrogen-bond acceptors (Lipinski definition) is 4. The van der Waals surface area contributed by atoms with Crippen molar-refractivity contribution in [3.63, 3.8) is 0 Å². The van der Waals surface area contributed by atoms with Crippen molar-refractivity contribution in [2.45, 2.75) is 20.3 Å². The molecule has 0 saturated carbocycles. The number of aryl methyl sites for hydroxylation is 1. The first-order chi connectivity index (χ1) is 12.6. The number of aromatic nitrogens is 1. The molecule has 1 fully saturated rings. The average molecular weight is 352 g/mol. The highest BCUT2D eigenvalue weighted by Crippen LogP contribution is 2.18. The molecule has 0 atom stereocenters. The van der Waals surface area contributed by atoms with Crippen molar-refractivity contribution in [1.82, 2.24) is 14.8 Å². The van der Waals surface area contributed by atoms with E-state index in [0.717, 1.165) is 12.1 Å². The monoisotopic (exact) mass is 352 g/mol. The second-order valence-electron chi connectivity index (χ2n) is 6.40. The van der Waals surface area contributed by atoms with Gasteiger partial charge >= 0.3 is 0 Å². The lowest BCUT2D eigenvalue weighted by Gasteiger charge is -2.34. The fourth-order valence-electron chi connectivity index (χ4n) is 3.01. The van der Waals surface area contributed by atoms with Gasteiger partial charge < -0.3 is 15.1 Å². The van der Waals surface area contributed by atoms with Crippen LogP contribution in [0, 0.1) is 0 Å². The van der Waals surface area contributed by atoms with Crippen LogP contribution in [0.1, 0.15) is 29.8 Å². The van der Waals surface area contributed by atoms with Crippen LogP contribution < -0.4 is 5.32 Å². The standard InChI is InChI=1S/C20H24N4O2/c1-3-16-4-6-18(7-5-16)22-19-14-17(8-9-21-19)20(26)24-12-10-23(11-13-24)15(2)25/h4-9,14H,3,10-13H2,1-2H3,(H,21,22). The quantitative estimate of drug-likeness (QED) is 0.919. The molecule has 1 aliphatic rings. The molecule has 26 heavy (non-hydrogen) atoms. The van der Waals surface area contributed by atoms with E-state index in [0.29, 0.717) is 37.6 Å². The molecule has 0 aliphatic carbocycles. The molecule has 3 rings (SSSR count). The van der Waals surface area contributed by atoms with Crippen molar-refractivity contribution < 1.29 is 9.59 Å². The number of piperazine rings is 1. The summed E-state index contributed by atoms with van der Waals surface area (Å²) in [6.07, 6.45) is 2.64. The molecule has 0 unspecified atom stereocenters. The normalized spacial score (nSPS) is 14.2. The maximum atomic E-state index is 12.7. The minimum absolute atomic E-state index is 0.0278. The first-order valence-electron chi connectivity index (χ1n) is 8.93. The third-order valence-corrected chi connectivity index (χ3v) is 4.65. The summed E-state index contributed by atoms with van der Waals surface area (Å²) < 4.78 is 0. The lowest BCUT2D eigenvalue weighted by molar-refractivity contribution is -0.130. The number of pyridine rings is 1. The van der Waals surface area contributed by atoms with Gasteiger partial charge in [0.1, 0.15) is 5.82 Å². The van der Waals surface area contributed by atoms with Crippen molar-refractivity contribution in [2.24, 2.45) is 0 Å². The largest absolute Gasteiger partial charge is 0.340 e. The van der Waals surface area contributed by atoms with Gasteiger partial charge in [-0.25, -0.2) is 4.98 Å². The summed E-state index contributed by atoms with van der Waals surface area (Å²) >= 11 is 0. The lowest BCUT2D eigenvalue weighted by atomic mass is 10.1. The number of nitrogens with zero attached hydrogens (tertiary/aromatic N) is 3. The molecule has 0 bridgehead atoms. The highest BCUT2D eigenvalue weighted by molar-refractivity contribution is 5.95. The van der Waals surface area contributed by atoms with Crippen LogP contribution in [0.4, 0.5) is 11.5 Å². The molecule has 1 saturated heterocycles. The SMILES string of the molecule is CCc1ccc(Nc2cc(C(=O)N3CCN(C(C)=O)CC3)ccn2)cc1. The molecule has 6 nitrogen and oxygen atoms in total. The molecule has 2 amide bonds. The van der Waals surface area contributed by atoms with Gasteiger partial charge in [0.25, 0.3) is 5.91 Å². The Balaban J connectivity index is 1.66. The van der Waals surface area contributed by atoms with Gasteiger partial charge in [-0.1, -0.05) is 19.1 Å². The smallest absolute Gasteiger partial charge is 0.254 e. The number of anilines is 2. The Morgan fingerprint density at radius 2 is 1.69 bits per heavy atom.